The zero-order valence-electron chi connectivity index (χ0n) is 11.9. The fourth-order valence-electron chi connectivity index (χ4n) is 1.98. The Labute approximate surface area is 136 Å². The van der Waals surface area contributed by atoms with Gasteiger partial charge in [-0.05, 0) is 52.7 Å². The molecule has 0 unspecified atom stereocenters. The summed E-state index contributed by atoms with van der Waals surface area (Å²) >= 11 is 3.41. The molecule has 110 valence electrons. The van der Waals surface area contributed by atoms with Crippen LogP contribution in [0.5, 0.6) is 0 Å². The number of hydrogen-bond acceptors (Lipinski definition) is 5. The highest BCUT2D eigenvalue weighted by molar-refractivity contribution is 9.10. The molecule has 2 aromatic heterocycles. The van der Waals surface area contributed by atoms with E-state index >= 15 is 0 Å². The van der Waals surface area contributed by atoms with Gasteiger partial charge in [0.1, 0.15) is 0 Å². The summed E-state index contributed by atoms with van der Waals surface area (Å²) in [6.45, 7) is 1.97. The third kappa shape index (κ3) is 3.23. The molecule has 5 nitrogen and oxygen atoms in total. The number of nitrogens with two attached hydrogens (primary N) is 1. The quantitative estimate of drug-likeness (QED) is 0.696. The highest BCUT2D eigenvalue weighted by atomic mass is 79.9. The summed E-state index contributed by atoms with van der Waals surface area (Å²) in [4.78, 5) is 12.9. The van der Waals surface area contributed by atoms with Crippen LogP contribution >= 0.6 is 15.9 Å². The molecule has 6 heteroatoms. The Balaban J connectivity index is 1.89. The van der Waals surface area contributed by atoms with E-state index in [1.54, 1.807) is 18.6 Å². The lowest BCUT2D eigenvalue weighted by molar-refractivity contribution is 1.16. The maximum Gasteiger partial charge on any atom is 0.227 e. The number of halogens is 1. The summed E-state index contributed by atoms with van der Waals surface area (Å²) < 4.78 is 0.907. The van der Waals surface area contributed by atoms with Crippen LogP contribution in [0.25, 0.3) is 11.3 Å². The van der Waals surface area contributed by atoms with E-state index in [0.29, 0.717) is 5.95 Å². The predicted octanol–water partition coefficient (Wildman–Crippen LogP) is 3.94. The van der Waals surface area contributed by atoms with Gasteiger partial charge in [-0.1, -0.05) is 6.07 Å². The molecule has 3 aromatic rings. The highest BCUT2D eigenvalue weighted by Gasteiger charge is 2.04. The van der Waals surface area contributed by atoms with E-state index in [1.165, 1.54) is 0 Å². The second-order valence-corrected chi connectivity index (χ2v) is 5.77. The molecule has 0 saturated carbocycles. The van der Waals surface area contributed by atoms with Crippen LogP contribution in [0.3, 0.4) is 0 Å². The number of benzene rings is 1. The van der Waals surface area contributed by atoms with Gasteiger partial charge in [0.25, 0.3) is 0 Å². The molecule has 0 aliphatic carbocycles. The molecule has 22 heavy (non-hydrogen) atoms. The van der Waals surface area contributed by atoms with E-state index in [4.69, 9.17) is 5.73 Å². The van der Waals surface area contributed by atoms with Crippen LogP contribution in [-0.2, 0) is 0 Å². The Bertz CT molecular complexity index is 819. The van der Waals surface area contributed by atoms with Gasteiger partial charge in [-0.15, -0.1) is 0 Å². The SMILES string of the molecule is Cc1ccc(Nc2nccc(-c3cncc(Br)c3)n2)cc1N. The molecule has 0 fully saturated rings. The Hall–Kier alpha value is -2.47. The lowest BCUT2D eigenvalue weighted by Gasteiger charge is -2.08. The van der Waals surface area contributed by atoms with Crippen molar-refractivity contribution in [1.82, 2.24) is 15.0 Å². The summed E-state index contributed by atoms with van der Waals surface area (Å²) in [5.74, 6) is 0.515. The van der Waals surface area contributed by atoms with Gasteiger partial charge in [-0.3, -0.25) is 4.98 Å². The Morgan fingerprint density at radius 3 is 2.77 bits per heavy atom. The van der Waals surface area contributed by atoms with Gasteiger partial charge in [0.05, 0.1) is 5.69 Å². The molecule has 0 amide bonds. The number of anilines is 3. The monoisotopic (exact) mass is 355 g/mol. The summed E-state index contributed by atoms with van der Waals surface area (Å²) in [5.41, 5.74) is 10.3. The van der Waals surface area contributed by atoms with Crippen molar-refractivity contribution in [3.05, 3.63) is 59.0 Å². The van der Waals surface area contributed by atoms with Crippen LogP contribution in [0.2, 0.25) is 0 Å². The number of aryl methyl sites for hydroxylation is 1. The molecule has 0 radical (unpaired) electrons. The zero-order valence-corrected chi connectivity index (χ0v) is 13.5. The van der Waals surface area contributed by atoms with E-state index in [0.717, 1.165) is 32.7 Å². The molecular formula is C16H14BrN5. The van der Waals surface area contributed by atoms with Crippen molar-refractivity contribution in [1.29, 1.82) is 0 Å². The number of hydrogen-bond donors (Lipinski definition) is 2. The van der Waals surface area contributed by atoms with Gasteiger partial charge in [-0.25, -0.2) is 9.97 Å². The number of nitrogens with one attached hydrogen (secondary N) is 1. The average molecular weight is 356 g/mol. The maximum absolute atomic E-state index is 5.92. The Morgan fingerprint density at radius 1 is 1.14 bits per heavy atom. The van der Waals surface area contributed by atoms with Crippen molar-refractivity contribution >= 4 is 33.3 Å². The van der Waals surface area contributed by atoms with Gasteiger partial charge < -0.3 is 11.1 Å². The van der Waals surface area contributed by atoms with Crippen LogP contribution in [0.15, 0.2) is 53.4 Å². The molecule has 0 aliphatic heterocycles. The van der Waals surface area contributed by atoms with Crippen LogP contribution in [-0.4, -0.2) is 15.0 Å². The van der Waals surface area contributed by atoms with Crippen LogP contribution in [0.4, 0.5) is 17.3 Å². The van der Waals surface area contributed by atoms with Gasteiger partial charge >= 0.3 is 0 Å². The molecule has 3 rings (SSSR count). The van der Waals surface area contributed by atoms with Gasteiger partial charge in [0.2, 0.25) is 5.95 Å². The smallest absolute Gasteiger partial charge is 0.227 e. The first-order chi connectivity index (χ1) is 10.6. The van der Waals surface area contributed by atoms with E-state index < -0.39 is 0 Å². The Morgan fingerprint density at radius 2 is 2.00 bits per heavy atom. The normalized spacial score (nSPS) is 10.5. The lowest BCUT2D eigenvalue weighted by Crippen LogP contribution is -1.99. The molecule has 0 saturated heterocycles. The van der Waals surface area contributed by atoms with Crippen molar-refractivity contribution in [2.45, 2.75) is 6.92 Å². The third-order valence-corrected chi connectivity index (χ3v) is 3.63. The van der Waals surface area contributed by atoms with Gasteiger partial charge in [-0.2, -0.15) is 0 Å². The molecule has 2 heterocycles. The van der Waals surface area contributed by atoms with Crippen molar-refractivity contribution in [2.24, 2.45) is 0 Å². The van der Waals surface area contributed by atoms with Crippen molar-refractivity contribution in [2.75, 3.05) is 11.1 Å². The first kappa shape index (κ1) is 14.5. The molecule has 1 aromatic carbocycles. The fourth-order valence-corrected chi connectivity index (χ4v) is 2.34. The van der Waals surface area contributed by atoms with Crippen LogP contribution in [0.1, 0.15) is 5.56 Å². The first-order valence-corrected chi connectivity index (χ1v) is 7.48. The summed E-state index contributed by atoms with van der Waals surface area (Å²) in [6, 6.07) is 9.58. The number of pyridine rings is 1. The summed E-state index contributed by atoms with van der Waals surface area (Å²) in [7, 11) is 0. The lowest BCUT2D eigenvalue weighted by atomic mass is 10.2. The average Bonchev–Trinajstić information content (AvgIpc) is 2.51. The van der Waals surface area contributed by atoms with E-state index in [2.05, 4.69) is 36.2 Å². The second-order valence-electron chi connectivity index (χ2n) is 4.85. The molecule has 0 bridgehead atoms. The molecule has 0 spiro atoms. The van der Waals surface area contributed by atoms with Crippen LogP contribution < -0.4 is 11.1 Å². The predicted molar refractivity (Wildman–Crippen MR) is 91.8 cm³/mol. The molecule has 0 aliphatic rings. The van der Waals surface area contributed by atoms with Crippen molar-refractivity contribution < 1.29 is 0 Å². The van der Waals surface area contributed by atoms with Gasteiger partial charge in [0.15, 0.2) is 0 Å². The van der Waals surface area contributed by atoms with E-state index in [1.807, 2.05) is 37.3 Å². The standard InChI is InChI=1S/C16H14BrN5/c1-10-2-3-13(7-14(10)18)21-16-20-5-4-15(22-16)11-6-12(17)9-19-8-11/h2-9H,18H2,1H3,(H,20,21,22). The summed E-state index contributed by atoms with van der Waals surface area (Å²) in [6.07, 6.45) is 5.21. The zero-order chi connectivity index (χ0) is 15.5. The number of rotatable bonds is 3. The minimum Gasteiger partial charge on any atom is -0.398 e. The van der Waals surface area contributed by atoms with E-state index in [9.17, 15) is 0 Å². The number of nitrogen functional groups attached to an aromatic ring is 1. The van der Waals surface area contributed by atoms with Gasteiger partial charge in [0, 0.05) is 40.0 Å². The summed E-state index contributed by atoms with van der Waals surface area (Å²) in [5, 5.41) is 3.16. The minimum absolute atomic E-state index is 0.515. The van der Waals surface area contributed by atoms with E-state index in [-0.39, 0.29) is 0 Å². The minimum atomic E-state index is 0.515. The fraction of sp³-hybridized carbons (Fsp3) is 0.0625. The largest absolute Gasteiger partial charge is 0.398 e. The molecule has 0 atom stereocenters. The number of aromatic nitrogens is 3. The second kappa shape index (κ2) is 6.11. The van der Waals surface area contributed by atoms with Crippen LogP contribution in [0, 0.1) is 6.92 Å². The topological polar surface area (TPSA) is 76.7 Å². The first-order valence-electron chi connectivity index (χ1n) is 6.69. The molecular weight excluding hydrogens is 342 g/mol. The number of nitrogens with zero attached hydrogens (tertiary/aromatic N) is 3. The van der Waals surface area contributed by atoms with Crippen molar-refractivity contribution in [3.8, 4) is 11.3 Å². The van der Waals surface area contributed by atoms with Crippen molar-refractivity contribution in [3.63, 3.8) is 0 Å². The Kier molecular flexibility index (Phi) is 4.02. The highest BCUT2D eigenvalue weighted by Crippen LogP contribution is 2.23. The maximum atomic E-state index is 5.92. The molecule has 3 N–H and O–H groups in total. The third-order valence-electron chi connectivity index (χ3n) is 3.19.